The van der Waals surface area contributed by atoms with Gasteiger partial charge in [-0.05, 0) is 31.0 Å². The van der Waals surface area contributed by atoms with E-state index in [1.54, 1.807) is 7.11 Å². The molecule has 0 saturated carbocycles. The highest BCUT2D eigenvalue weighted by Crippen LogP contribution is 2.24. The molecule has 2 rings (SSSR count). The highest BCUT2D eigenvalue weighted by atomic mass is 35.7. The van der Waals surface area contributed by atoms with Crippen LogP contribution in [0.25, 0.3) is 0 Å². The molecule has 1 unspecified atom stereocenters. The molecule has 0 aliphatic carbocycles. The van der Waals surface area contributed by atoms with Gasteiger partial charge < -0.3 is 4.74 Å². The normalized spacial score (nSPS) is 21.3. The Morgan fingerprint density at radius 2 is 1.90 bits per heavy atom. The predicted molar refractivity (Wildman–Crippen MR) is 78.3 cm³/mol. The average molecular weight is 354 g/mol. The number of rotatable bonds is 4. The summed E-state index contributed by atoms with van der Waals surface area (Å²) in [6.07, 6.45) is 1.36. The molecule has 1 heterocycles. The fourth-order valence-corrected chi connectivity index (χ4v) is 4.68. The van der Waals surface area contributed by atoms with Gasteiger partial charge in [0, 0.05) is 30.9 Å². The molecular formula is C12H16ClNO5S2. The van der Waals surface area contributed by atoms with Gasteiger partial charge in [-0.25, -0.2) is 16.8 Å². The minimum atomic E-state index is -3.97. The summed E-state index contributed by atoms with van der Waals surface area (Å²) in [6.45, 7) is 0.650. The fraction of sp³-hybridized carbons (Fsp3) is 0.500. The maximum absolute atomic E-state index is 12.6. The van der Waals surface area contributed by atoms with E-state index in [1.165, 1.54) is 22.5 Å². The van der Waals surface area contributed by atoms with E-state index in [0.717, 1.165) is 12.5 Å². The largest absolute Gasteiger partial charge is 0.380 e. The number of piperidine rings is 1. The van der Waals surface area contributed by atoms with Crippen molar-refractivity contribution in [1.29, 1.82) is 0 Å². The van der Waals surface area contributed by atoms with Gasteiger partial charge in [0.2, 0.25) is 10.0 Å². The minimum absolute atomic E-state index is 0.0824. The summed E-state index contributed by atoms with van der Waals surface area (Å²) in [6, 6.07) is 5.06. The zero-order valence-corrected chi connectivity index (χ0v) is 13.8. The van der Waals surface area contributed by atoms with Crippen LogP contribution in [0.4, 0.5) is 0 Å². The zero-order valence-electron chi connectivity index (χ0n) is 11.4. The standard InChI is InChI=1S/C12H16ClNO5S2/c1-19-10-4-3-7-14(9-10)21(17,18)12-6-2-5-11(8-12)20(13,15)16/h2,5-6,8,10H,3-4,7,9H2,1H3. The maximum atomic E-state index is 12.6. The van der Waals surface area contributed by atoms with Crippen molar-refractivity contribution in [3.05, 3.63) is 24.3 Å². The van der Waals surface area contributed by atoms with Crippen molar-refractivity contribution in [2.45, 2.75) is 28.7 Å². The van der Waals surface area contributed by atoms with Gasteiger partial charge in [-0.1, -0.05) is 6.07 Å². The second-order valence-electron chi connectivity index (χ2n) is 4.78. The van der Waals surface area contributed by atoms with Crippen LogP contribution in [0.2, 0.25) is 0 Å². The molecule has 0 spiro atoms. The van der Waals surface area contributed by atoms with Crippen LogP contribution in [0, 0.1) is 0 Å². The Hall–Kier alpha value is -0.670. The molecule has 118 valence electrons. The van der Waals surface area contributed by atoms with Crippen LogP contribution in [-0.2, 0) is 23.8 Å². The first-order valence-corrected chi connectivity index (χ1v) is 10.1. The molecule has 1 fully saturated rings. The Labute approximate surface area is 129 Å². The zero-order chi connectivity index (χ0) is 15.7. The minimum Gasteiger partial charge on any atom is -0.380 e. The number of hydrogen-bond donors (Lipinski definition) is 0. The first kappa shape index (κ1) is 16.7. The topological polar surface area (TPSA) is 80.8 Å². The van der Waals surface area contributed by atoms with Crippen molar-refractivity contribution in [1.82, 2.24) is 4.31 Å². The van der Waals surface area contributed by atoms with Gasteiger partial charge in [-0.2, -0.15) is 4.31 Å². The molecule has 1 aliphatic rings. The SMILES string of the molecule is COC1CCCN(S(=O)(=O)c2cccc(S(=O)(=O)Cl)c2)C1. The third-order valence-corrected chi connectivity index (χ3v) is 6.61. The molecule has 21 heavy (non-hydrogen) atoms. The lowest BCUT2D eigenvalue weighted by Gasteiger charge is -2.31. The van der Waals surface area contributed by atoms with Gasteiger partial charge in [-0.15, -0.1) is 0 Å². The van der Waals surface area contributed by atoms with Gasteiger partial charge in [-0.3, -0.25) is 0 Å². The van der Waals surface area contributed by atoms with Crippen LogP contribution >= 0.6 is 10.7 Å². The summed E-state index contributed by atoms with van der Waals surface area (Å²) in [5, 5.41) is 0. The number of nitrogens with zero attached hydrogens (tertiary/aromatic N) is 1. The first-order valence-electron chi connectivity index (χ1n) is 6.33. The molecule has 0 radical (unpaired) electrons. The van der Waals surface area contributed by atoms with E-state index in [9.17, 15) is 16.8 Å². The Morgan fingerprint density at radius 3 is 2.52 bits per heavy atom. The lowest BCUT2D eigenvalue weighted by molar-refractivity contribution is 0.0572. The molecule has 0 aromatic heterocycles. The Kier molecular flexibility index (Phi) is 4.94. The Balaban J connectivity index is 2.36. The highest BCUT2D eigenvalue weighted by Gasteiger charge is 2.30. The molecule has 1 aromatic rings. The van der Waals surface area contributed by atoms with Gasteiger partial charge in [0.1, 0.15) is 0 Å². The van der Waals surface area contributed by atoms with Gasteiger partial charge in [0.25, 0.3) is 9.05 Å². The summed E-state index contributed by atoms with van der Waals surface area (Å²) in [4.78, 5) is -0.313. The summed E-state index contributed by atoms with van der Waals surface area (Å²) in [7, 11) is -0.926. The van der Waals surface area contributed by atoms with Crippen LogP contribution in [0.15, 0.2) is 34.1 Å². The van der Waals surface area contributed by atoms with Crippen molar-refractivity contribution in [2.75, 3.05) is 20.2 Å². The van der Waals surface area contributed by atoms with E-state index < -0.39 is 19.1 Å². The molecule has 0 amide bonds. The van der Waals surface area contributed by atoms with E-state index in [0.29, 0.717) is 13.0 Å². The van der Waals surface area contributed by atoms with Crippen molar-refractivity contribution >= 4 is 29.8 Å². The Morgan fingerprint density at radius 1 is 1.24 bits per heavy atom. The molecule has 1 aliphatic heterocycles. The lowest BCUT2D eigenvalue weighted by atomic mass is 10.1. The van der Waals surface area contributed by atoms with Gasteiger partial charge in [0.05, 0.1) is 15.9 Å². The summed E-state index contributed by atoms with van der Waals surface area (Å²) in [5.74, 6) is 0. The number of sulfonamides is 1. The Bertz CT molecular complexity index is 717. The number of methoxy groups -OCH3 is 1. The average Bonchev–Trinajstić information content (AvgIpc) is 2.46. The van der Waals surface area contributed by atoms with E-state index in [-0.39, 0.29) is 22.4 Å². The van der Waals surface area contributed by atoms with Crippen molar-refractivity contribution in [3.63, 3.8) is 0 Å². The van der Waals surface area contributed by atoms with Crippen molar-refractivity contribution < 1.29 is 21.6 Å². The third-order valence-electron chi connectivity index (χ3n) is 3.40. The van der Waals surface area contributed by atoms with Crippen molar-refractivity contribution in [2.24, 2.45) is 0 Å². The van der Waals surface area contributed by atoms with Crippen LogP contribution in [0.5, 0.6) is 0 Å². The van der Waals surface area contributed by atoms with Crippen LogP contribution in [-0.4, -0.2) is 47.4 Å². The molecule has 6 nitrogen and oxygen atoms in total. The van der Waals surface area contributed by atoms with E-state index in [2.05, 4.69) is 0 Å². The van der Waals surface area contributed by atoms with Crippen LogP contribution < -0.4 is 0 Å². The van der Waals surface area contributed by atoms with Gasteiger partial charge >= 0.3 is 0 Å². The lowest BCUT2D eigenvalue weighted by Crippen LogP contribution is -2.42. The molecule has 1 atom stereocenters. The monoisotopic (exact) mass is 353 g/mol. The summed E-state index contributed by atoms with van der Waals surface area (Å²) >= 11 is 0. The predicted octanol–water partition coefficient (Wildman–Crippen LogP) is 1.41. The van der Waals surface area contributed by atoms with Crippen LogP contribution in [0.1, 0.15) is 12.8 Å². The summed E-state index contributed by atoms with van der Waals surface area (Å²) < 4.78 is 54.3. The van der Waals surface area contributed by atoms with E-state index in [4.69, 9.17) is 15.4 Å². The molecular weight excluding hydrogens is 338 g/mol. The molecule has 0 bridgehead atoms. The van der Waals surface area contributed by atoms with Gasteiger partial charge in [0.15, 0.2) is 0 Å². The van der Waals surface area contributed by atoms with E-state index >= 15 is 0 Å². The smallest absolute Gasteiger partial charge is 0.261 e. The second-order valence-corrected chi connectivity index (χ2v) is 9.28. The second kappa shape index (κ2) is 6.21. The van der Waals surface area contributed by atoms with E-state index in [1.807, 2.05) is 0 Å². The maximum Gasteiger partial charge on any atom is 0.261 e. The first-order chi connectivity index (χ1) is 9.75. The highest BCUT2D eigenvalue weighted by molar-refractivity contribution is 8.13. The molecule has 1 aromatic carbocycles. The number of ether oxygens (including phenoxy) is 1. The molecule has 9 heteroatoms. The summed E-state index contributed by atoms with van der Waals surface area (Å²) in [5.41, 5.74) is 0. The third kappa shape index (κ3) is 3.75. The number of hydrogen-bond acceptors (Lipinski definition) is 5. The quantitative estimate of drug-likeness (QED) is 0.764. The molecule has 1 saturated heterocycles. The fourth-order valence-electron chi connectivity index (χ4n) is 2.25. The molecule has 0 N–H and O–H groups in total. The van der Waals surface area contributed by atoms with Crippen LogP contribution in [0.3, 0.4) is 0 Å². The number of benzene rings is 1. The number of halogens is 1. The van der Waals surface area contributed by atoms with Crippen molar-refractivity contribution in [3.8, 4) is 0 Å².